The smallest absolute Gasteiger partial charge is 0.316 e. The number of rotatable bonds is 2. The van der Waals surface area contributed by atoms with Gasteiger partial charge in [0.15, 0.2) is 0 Å². The summed E-state index contributed by atoms with van der Waals surface area (Å²) >= 11 is 0. The SMILES string of the molecule is CCOC(=O)C1C=CC(C(C)(C)C)C=C1. The lowest BCUT2D eigenvalue weighted by Gasteiger charge is -2.28. The van der Waals surface area contributed by atoms with E-state index in [1.807, 2.05) is 19.1 Å². The highest BCUT2D eigenvalue weighted by atomic mass is 16.5. The van der Waals surface area contributed by atoms with Crippen molar-refractivity contribution in [2.24, 2.45) is 17.3 Å². The van der Waals surface area contributed by atoms with Gasteiger partial charge in [0.25, 0.3) is 0 Å². The highest BCUT2D eigenvalue weighted by Gasteiger charge is 2.24. The van der Waals surface area contributed by atoms with Gasteiger partial charge in [0.05, 0.1) is 12.5 Å². The van der Waals surface area contributed by atoms with Crippen molar-refractivity contribution in [2.45, 2.75) is 27.7 Å². The normalized spacial score (nSPS) is 25.3. The van der Waals surface area contributed by atoms with Gasteiger partial charge in [-0.3, -0.25) is 4.79 Å². The van der Waals surface area contributed by atoms with Crippen molar-refractivity contribution < 1.29 is 9.53 Å². The molecule has 0 spiro atoms. The summed E-state index contributed by atoms with van der Waals surface area (Å²) in [5.41, 5.74) is 0.215. The average molecular weight is 208 g/mol. The molecule has 15 heavy (non-hydrogen) atoms. The van der Waals surface area contributed by atoms with Crippen LogP contribution in [0.3, 0.4) is 0 Å². The fourth-order valence-corrected chi connectivity index (χ4v) is 1.58. The lowest BCUT2D eigenvalue weighted by Crippen LogP contribution is -2.22. The Kier molecular flexibility index (Phi) is 3.72. The number of hydrogen-bond acceptors (Lipinski definition) is 2. The Bertz CT molecular complexity index is 267. The molecule has 1 aliphatic rings. The Balaban J connectivity index is 2.60. The van der Waals surface area contributed by atoms with E-state index in [-0.39, 0.29) is 17.3 Å². The lowest BCUT2D eigenvalue weighted by atomic mass is 9.77. The van der Waals surface area contributed by atoms with E-state index < -0.39 is 0 Å². The second-order valence-corrected chi connectivity index (χ2v) is 4.94. The summed E-state index contributed by atoms with van der Waals surface area (Å²) in [6.07, 6.45) is 8.07. The van der Waals surface area contributed by atoms with E-state index in [1.54, 1.807) is 0 Å². The van der Waals surface area contributed by atoms with Crippen LogP contribution in [0.4, 0.5) is 0 Å². The van der Waals surface area contributed by atoms with Crippen molar-refractivity contribution in [3.63, 3.8) is 0 Å². The molecule has 0 fully saturated rings. The van der Waals surface area contributed by atoms with Gasteiger partial charge in [-0.2, -0.15) is 0 Å². The Morgan fingerprint density at radius 1 is 1.20 bits per heavy atom. The second kappa shape index (κ2) is 4.65. The number of carbonyl (C=O) groups is 1. The van der Waals surface area contributed by atoms with Gasteiger partial charge in [0.2, 0.25) is 0 Å². The zero-order valence-corrected chi connectivity index (χ0v) is 9.99. The molecular formula is C13H20O2. The first-order valence-corrected chi connectivity index (χ1v) is 5.48. The van der Waals surface area contributed by atoms with Gasteiger partial charge in [0.1, 0.15) is 0 Å². The zero-order chi connectivity index (χ0) is 11.5. The molecule has 2 heteroatoms. The van der Waals surface area contributed by atoms with Gasteiger partial charge in [-0.1, -0.05) is 45.1 Å². The van der Waals surface area contributed by atoms with Gasteiger partial charge in [-0.15, -0.1) is 0 Å². The monoisotopic (exact) mass is 208 g/mol. The summed E-state index contributed by atoms with van der Waals surface area (Å²) in [6.45, 7) is 8.84. The Morgan fingerprint density at radius 2 is 1.73 bits per heavy atom. The van der Waals surface area contributed by atoms with Crippen LogP contribution in [0.2, 0.25) is 0 Å². The minimum Gasteiger partial charge on any atom is -0.465 e. The lowest BCUT2D eigenvalue weighted by molar-refractivity contribution is -0.144. The minimum absolute atomic E-state index is 0.155. The maximum atomic E-state index is 11.4. The summed E-state index contributed by atoms with van der Waals surface area (Å²) in [5, 5.41) is 0. The highest BCUT2D eigenvalue weighted by Crippen LogP contribution is 2.31. The van der Waals surface area contributed by atoms with E-state index in [0.717, 1.165) is 0 Å². The third-order valence-corrected chi connectivity index (χ3v) is 2.61. The van der Waals surface area contributed by atoms with Crippen LogP contribution in [-0.4, -0.2) is 12.6 Å². The van der Waals surface area contributed by atoms with Gasteiger partial charge in [-0.05, 0) is 18.3 Å². The van der Waals surface area contributed by atoms with E-state index in [0.29, 0.717) is 12.5 Å². The van der Waals surface area contributed by atoms with Crippen molar-refractivity contribution in [2.75, 3.05) is 6.61 Å². The predicted molar refractivity (Wildman–Crippen MR) is 61.3 cm³/mol. The van der Waals surface area contributed by atoms with Crippen LogP contribution >= 0.6 is 0 Å². The van der Waals surface area contributed by atoms with Crippen LogP contribution in [0.25, 0.3) is 0 Å². The van der Waals surface area contributed by atoms with Crippen LogP contribution in [0.5, 0.6) is 0 Å². The molecule has 84 valence electrons. The zero-order valence-electron chi connectivity index (χ0n) is 9.99. The number of carbonyl (C=O) groups excluding carboxylic acids is 1. The van der Waals surface area contributed by atoms with Gasteiger partial charge in [0, 0.05) is 0 Å². The molecule has 1 rings (SSSR count). The first kappa shape index (κ1) is 12.0. The molecule has 0 N–H and O–H groups in total. The molecular weight excluding hydrogens is 188 g/mol. The molecule has 2 nitrogen and oxygen atoms in total. The molecule has 0 unspecified atom stereocenters. The summed E-state index contributed by atoms with van der Waals surface area (Å²) in [5.74, 6) is 0.0593. The van der Waals surface area contributed by atoms with Crippen molar-refractivity contribution in [3.8, 4) is 0 Å². The topological polar surface area (TPSA) is 26.3 Å². The largest absolute Gasteiger partial charge is 0.465 e. The van der Waals surface area contributed by atoms with Crippen LogP contribution in [0, 0.1) is 17.3 Å². The molecule has 0 saturated heterocycles. The van der Waals surface area contributed by atoms with Gasteiger partial charge < -0.3 is 4.74 Å². The Labute approximate surface area is 92.0 Å². The minimum atomic E-state index is -0.191. The summed E-state index contributed by atoms with van der Waals surface area (Å²) < 4.78 is 4.96. The van der Waals surface area contributed by atoms with Crippen LogP contribution in [-0.2, 0) is 9.53 Å². The van der Waals surface area contributed by atoms with Crippen molar-refractivity contribution >= 4 is 5.97 Å². The molecule has 0 heterocycles. The van der Waals surface area contributed by atoms with Crippen LogP contribution in [0.15, 0.2) is 24.3 Å². The molecule has 0 radical (unpaired) electrons. The number of esters is 1. The highest BCUT2D eigenvalue weighted by molar-refractivity contribution is 5.76. The van der Waals surface area contributed by atoms with E-state index in [9.17, 15) is 4.79 Å². The van der Waals surface area contributed by atoms with Gasteiger partial charge >= 0.3 is 5.97 Å². The van der Waals surface area contributed by atoms with Crippen molar-refractivity contribution in [1.82, 2.24) is 0 Å². The summed E-state index contributed by atoms with van der Waals surface area (Å²) in [4.78, 5) is 11.4. The van der Waals surface area contributed by atoms with E-state index in [1.165, 1.54) is 0 Å². The van der Waals surface area contributed by atoms with Crippen LogP contribution in [0.1, 0.15) is 27.7 Å². The fourth-order valence-electron chi connectivity index (χ4n) is 1.58. The average Bonchev–Trinajstić information content (AvgIpc) is 2.17. The third kappa shape index (κ3) is 3.22. The number of hydrogen-bond donors (Lipinski definition) is 0. The molecule has 0 bridgehead atoms. The Hall–Kier alpha value is -1.05. The van der Waals surface area contributed by atoms with Crippen molar-refractivity contribution in [3.05, 3.63) is 24.3 Å². The first-order chi connectivity index (χ1) is 6.95. The van der Waals surface area contributed by atoms with E-state index >= 15 is 0 Å². The maximum absolute atomic E-state index is 11.4. The van der Waals surface area contributed by atoms with E-state index in [4.69, 9.17) is 4.74 Å². The first-order valence-electron chi connectivity index (χ1n) is 5.48. The second-order valence-electron chi connectivity index (χ2n) is 4.94. The fraction of sp³-hybridized carbons (Fsp3) is 0.615. The van der Waals surface area contributed by atoms with Gasteiger partial charge in [-0.25, -0.2) is 0 Å². The molecule has 0 amide bonds. The van der Waals surface area contributed by atoms with Crippen molar-refractivity contribution in [1.29, 1.82) is 0 Å². The quantitative estimate of drug-likeness (QED) is 0.515. The molecule has 0 aliphatic heterocycles. The molecule has 1 aliphatic carbocycles. The molecule has 0 aromatic carbocycles. The number of ether oxygens (including phenoxy) is 1. The molecule has 0 saturated carbocycles. The van der Waals surface area contributed by atoms with Crippen LogP contribution < -0.4 is 0 Å². The van der Waals surface area contributed by atoms with E-state index in [2.05, 4.69) is 32.9 Å². The molecule has 0 aromatic heterocycles. The molecule has 0 aromatic rings. The maximum Gasteiger partial charge on any atom is 0.316 e. The Morgan fingerprint density at radius 3 is 2.13 bits per heavy atom. The predicted octanol–water partition coefficient (Wildman–Crippen LogP) is 2.95. The third-order valence-electron chi connectivity index (χ3n) is 2.61. The summed E-state index contributed by atoms with van der Waals surface area (Å²) in [7, 11) is 0. The standard InChI is InChI=1S/C13H20O2/c1-5-15-12(14)10-6-8-11(9-7-10)13(2,3)4/h6-11H,5H2,1-4H3. The number of allylic oxidation sites excluding steroid dienone is 2. The summed E-state index contributed by atoms with van der Waals surface area (Å²) in [6, 6.07) is 0. The molecule has 0 atom stereocenters.